The van der Waals surface area contributed by atoms with Gasteiger partial charge in [0, 0.05) is 15.6 Å². The monoisotopic (exact) mass is 415 g/mol. The van der Waals surface area contributed by atoms with Gasteiger partial charge in [0.25, 0.3) is 0 Å². The van der Waals surface area contributed by atoms with Crippen molar-refractivity contribution in [1.82, 2.24) is 14.9 Å². The van der Waals surface area contributed by atoms with Gasteiger partial charge in [0.15, 0.2) is 0 Å². The Morgan fingerprint density at radius 1 is 1.16 bits per heavy atom. The maximum absolute atomic E-state index is 13.6. The largest absolute Gasteiger partial charge is 0.433 e. The van der Waals surface area contributed by atoms with Crippen molar-refractivity contribution in [2.24, 2.45) is 0 Å². The van der Waals surface area contributed by atoms with E-state index in [9.17, 15) is 13.2 Å². The molecule has 3 rings (SSSR count). The molecular formula is C18H21BrF3N3. The number of hydrogen-bond acceptors (Lipinski definition) is 2. The third-order valence-electron chi connectivity index (χ3n) is 4.55. The highest BCUT2D eigenvalue weighted by atomic mass is 79.9. The number of nitrogens with one attached hydrogen (secondary N) is 1. The van der Waals surface area contributed by atoms with E-state index in [-0.39, 0.29) is 17.3 Å². The number of aromatic amines is 1. The lowest BCUT2D eigenvalue weighted by molar-refractivity contribution is -0.140. The Morgan fingerprint density at radius 3 is 2.36 bits per heavy atom. The Balaban J connectivity index is 2.06. The van der Waals surface area contributed by atoms with Crippen LogP contribution in [0.5, 0.6) is 0 Å². The summed E-state index contributed by atoms with van der Waals surface area (Å²) in [4.78, 5) is 9.20. The molecule has 2 aromatic rings. The van der Waals surface area contributed by atoms with Crippen LogP contribution in [0.4, 0.5) is 13.2 Å². The molecule has 1 atom stereocenters. The van der Waals surface area contributed by atoms with E-state index in [0.29, 0.717) is 11.4 Å². The number of aromatic nitrogens is 2. The number of likely N-dealkylation sites (tertiary alicyclic amines) is 1. The molecule has 1 fully saturated rings. The van der Waals surface area contributed by atoms with Crippen LogP contribution < -0.4 is 0 Å². The van der Waals surface area contributed by atoms with E-state index < -0.39 is 11.9 Å². The number of alkyl halides is 3. The zero-order valence-electron chi connectivity index (χ0n) is 14.4. The maximum Gasteiger partial charge on any atom is 0.433 e. The summed E-state index contributed by atoms with van der Waals surface area (Å²) in [6, 6.07) is 6.62. The first kappa shape index (κ1) is 18.5. The molecule has 0 unspecified atom stereocenters. The topological polar surface area (TPSA) is 31.9 Å². The van der Waals surface area contributed by atoms with E-state index in [1.54, 1.807) is 24.3 Å². The van der Waals surface area contributed by atoms with Gasteiger partial charge in [0.1, 0.15) is 17.2 Å². The molecule has 1 aromatic heterocycles. The zero-order chi connectivity index (χ0) is 18.4. The first-order valence-electron chi connectivity index (χ1n) is 8.27. The van der Waals surface area contributed by atoms with Crippen LogP contribution >= 0.6 is 15.9 Å². The minimum absolute atomic E-state index is 0.0317. The van der Waals surface area contributed by atoms with Crippen molar-refractivity contribution in [3.05, 3.63) is 40.3 Å². The highest BCUT2D eigenvalue weighted by molar-refractivity contribution is 9.10. The van der Waals surface area contributed by atoms with Gasteiger partial charge in [-0.2, -0.15) is 13.2 Å². The Bertz CT molecular complexity index is 744. The van der Waals surface area contributed by atoms with Crippen molar-refractivity contribution >= 4 is 15.9 Å². The van der Waals surface area contributed by atoms with E-state index in [4.69, 9.17) is 0 Å². The summed E-state index contributed by atoms with van der Waals surface area (Å²) in [5.74, 6) is 0.401. The number of halogens is 4. The van der Waals surface area contributed by atoms with Gasteiger partial charge >= 0.3 is 6.18 Å². The molecule has 0 aliphatic carbocycles. The van der Waals surface area contributed by atoms with Crippen LogP contribution in [0.15, 0.2) is 28.7 Å². The lowest BCUT2D eigenvalue weighted by Gasteiger charge is -2.36. The molecule has 136 valence electrons. The van der Waals surface area contributed by atoms with Crippen LogP contribution in [0, 0.1) is 0 Å². The predicted molar refractivity (Wildman–Crippen MR) is 95.2 cm³/mol. The molecule has 0 bridgehead atoms. The van der Waals surface area contributed by atoms with Gasteiger partial charge in [-0.05, 0) is 52.3 Å². The molecule has 1 N–H and O–H groups in total. The third kappa shape index (κ3) is 3.77. The first-order chi connectivity index (χ1) is 11.6. The molecule has 0 radical (unpaired) electrons. The van der Waals surface area contributed by atoms with Gasteiger partial charge in [-0.1, -0.05) is 28.1 Å². The van der Waals surface area contributed by atoms with Crippen LogP contribution in [-0.4, -0.2) is 27.0 Å². The van der Waals surface area contributed by atoms with Crippen molar-refractivity contribution in [2.75, 3.05) is 6.54 Å². The summed E-state index contributed by atoms with van der Waals surface area (Å²) in [6.07, 6.45) is -2.71. The highest BCUT2D eigenvalue weighted by Gasteiger charge is 2.41. The number of benzene rings is 1. The second kappa shape index (κ2) is 6.43. The number of rotatable bonds is 2. The van der Waals surface area contributed by atoms with Crippen molar-refractivity contribution in [1.29, 1.82) is 0 Å². The summed E-state index contributed by atoms with van der Waals surface area (Å²) in [5, 5.41) is 0. The molecule has 1 aromatic carbocycles. The fraction of sp³-hybridized carbons (Fsp3) is 0.500. The number of hydrogen-bond donors (Lipinski definition) is 1. The summed E-state index contributed by atoms with van der Waals surface area (Å²) in [7, 11) is 0. The fourth-order valence-corrected chi connectivity index (χ4v) is 3.69. The fourth-order valence-electron chi connectivity index (χ4n) is 3.43. The first-order valence-corrected chi connectivity index (χ1v) is 9.06. The van der Waals surface area contributed by atoms with Crippen LogP contribution in [0.3, 0.4) is 0 Å². The van der Waals surface area contributed by atoms with Crippen molar-refractivity contribution < 1.29 is 13.2 Å². The van der Waals surface area contributed by atoms with Gasteiger partial charge < -0.3 is 4.98 Å². The quantitative estimate of drug-likeness (QED) is 0.672. The summed E-state index contributed by atoms with van der Waals surface area (Å²) in [5.41, 5.74) is -0.468. The van der Waals surface area contributed by atoms with Crippen molar-refractivity contribution in [3.8, 4) is 11.3 Å². The Hall–Kier alpha value is -1.34. The van der Waals surface area contributed by atoms with E-state index in [0.717, 1.165) is 23.9 Å². The minimum Gasteiger partial charge on any atom is -0.337 e. The standard InChI is InChI=1S/C18H21BrF3N3/c1-17(2,3)25-10-4-5-13(25)16-23-14(15(24-16)18(20,21)22)11-6-8-12(19)9-7-11/h6-9,13H,4-5,10H2,1-3H3,(H,23,24)/t13-/m0/s1. The number of nitrogens with zero attached hydrogens (tertiary/aromatic N) is 2. The van der Waals surface area contributed by atoms with Crippen molar-refractivity contribution in [2.45, 2.75) is 51.4 Å². The SMILES string of the molecule is CC(C)(C)N1CCC[C@H]1c1nc(-c2ccc(Br)cc2)c(C(F)(F)F)[nH]1. The van der Waals surface area contributed by atoms with Crippen LogP contribution in [0.1, 0.15) is 51.2 Å². The van der Waals surface area contributed by atoms with Crippen LogP contribution in [-0.2, 0) is 6.18 Å². The molecule has 0 saturated carbocycles. The molecule has 0 spiro atoms. The second-order valence-electron chi connectivity index (χ2n) is 7.37. The van der Waals surface area contributed by atoms with Gasteiger partial charge in [-0.3, -0.25) is 4.90 Å². The molecule has 3 nitrogen and oxygen atoms in total. The zero-order valence-corrected chi connectivity index (χ0v) is 16.0. The highest BCUT2D eigenvalue weighted by Crippen LogP contribution is 2.41. The molecule has 7 heteroatoms. The lowest BCUT2D eigenvalue weighted by Crippen LogP contribution is -2.41. The predicted octanol–water partition coefficient (Wildman–Crippen LogP) is 5.79. The minimum atomic E-state index is -4.47. The van der Waals surface area contributed by atoms with E-state index >= 15 is 0 Å². The Kier molecular flexibility index (Phi) is 4.75. The van der Waals surface area contributed by atoms with E-state index in [2.05, 4.69) is 51.6 Å². The molecule has 1 aliphatic rings. The molecule has 25 heavy (non-hydrogen) atoms. The van der Waals surface area contributed by atoms with E-state index in [1.807, 2.05) is 0 Å². The van der Waals surface area contributed by atoms with Crippen molar-refractivity contribution in [3.63, 3.8) is 0 Å². The Morgan fingerprint density at radius 2 is 1.80 bits per heavy atom. The second-order valence-corrected chi connectivity index (χ2v) is 8.29. The summed E-state index contributed by atoms with van der Waals surface area (Å²) >= 11 is 3.31. The average molecular weight is 416 g/mol. The number of H-pyrrole nitrogens is 1. The van der Waals surface area contributed by atoms with Crippen LogP contribution in [0.2, 0.25) is 0 Å². The van der Waals surface area contributed by atoms with Gasteiger partial charge in [0.05, 0.1) is 6.04 Å². The maximum atomic E-state index is 13.6. The normalized spacial score (nSPS) is 19.6. The summed E-state index contributed by atoms with van der Waals surface area (Å²) < 4.78 is 41.5. The van der Waals surface area contributed by atoms with Gasteiger partial charge in [-0.25, -0.2) is 4.98 Å². The summed E-state index contributed by atoms with van der Waals surface area (Å²) in [6.45, 7) is 7.10. The molecular weight excluding hydrogens is 395 g/mol. The van der Waals surface area contributed by atoms with Crippen LogP contribution in [0.25, 0.3) is 11.3 Å². The average Bonchev–Trinajstić information content (AvgIpc) is 3.13. The molecule has 2 heterocycles. The molecule has 0 amide bonds. The lowest BCUT2D eigenvalue weighted by atomic mass is 10.0. The third-order valence-corrected chi connectivity index (χ3v) is 5.08. The smallest absolute Gasteiger partial charge is 0.337 e. The molecule has 1 aliphatic heterocycles. The van der Waals surface area contributed by atoms with Gasteiger partial charge in [-0.15, -0.1) is 0 Å². The Labute approximate surface area is 153 Å². The van der Waals surface area contributed by atoms with E-state index in [1.165, 1.54) is 0 Å². The molecule has 1 saturated heterocycles. The van der Waals surface area contributed by atoms with Gasteiger partial charge in [0.2, 0.25) is 0 Å². The number of imidazole rings is 1.